The topological polar surface area (TPSA) is 140 Å². The number of nitrogens with one attached hydrogen (secondary N) is 1. The molecule has 0 saturated carbocycles. The number of aromatic nitrogens is 1. The van der Waals surface area contributed by atoms with Gasteiger partial charge in [0.2, 0.25) is 0 Å². The van der Waals surface area contributed by atoms with Crippen LogP contribution in [-0.2, 0) is 14.3 Å². The molecule has 3 N–H and O–H groups in total. The van der Waals surface area contributed by atoms with Crippen LogP contribution in [0.25, 0.3) is 6.08 Å². The molecule has 2 amide bonds. The number of alkyl halides is 1. The predicted octanol–water partition coefficient (Wildman–Crippen LogP) is 4.24. The minimum absolute atomic E-state index is 0. The molecule has 3 aliphatic rings. The van der Waals surface area contributed by atoms with Crippen LogP contribution < -0.4 is 15.2 Å². The summed E-state index contributed by atoms with van der Waals surface area (Å²) in [6.45, 7) is 5.78. The maximum Gasteiger partial charge on any atom is 0.410 e. The number of piperazine rings is 1. The van der Waals surface area contributed by atoms with Crippen LogP contribution in [0.5, 0.6) is 11.5 Å². The molecule has 3 heterocycles. The van der Waals surface area contributed by atoms with Gasteiger partial charge in [-0.15, -0.1) is 12.4 Å². The Bertz CT molecular complexity index is 1520. The second-order valence-electron chi connectivity index (χ2n) is 11.7. The first-order chi connectivity index (χ1) is 22.2. The smallest absolute Gasteiger partial charge is 0.410 e. The summed E-state index contributed by atoms with van der Waals surface area (Å²) in [5, 5.41) is 0.584. The van der Waals surface area contributed by atoms with E-state index in [4.69, 9.17) is 24.7 Å². The number of halogens is 2. The number of H-pyrrole nitrogens is 1. The number of fused-ring (bicyclic) bond motifs is 3. The van der Waals surface area contributed by atoms with E-state index in [1.807, 2.05) is 25.3 Å². The number of likely N-dealkylation sites (tertiary alicyclic amines) is 1. The minimum Gasteiger partial charge on any atom is -0.493 e. The van der Waals surface area contributed by atoms with Crippen molar-refractivity contribution in [2.24, 2.45) is 11.7 Å². The molecule has 2 unspecified atom stereocenters. The fourth-order valence-electron chi connectivity index (χ4n) is 6.30. The summed E-state index contributed by atoms with van der Waals surface area (Å²) < 4.78 is 22.5. The number of benzene rings is 1. The third kappa shape index (κ3) is 7.64. The van der Waals surface area contributed by atoms with E-state index in [-0.39, 0.29) is 30.2 Å². The summed E-state index contributed by atoms with van der Waals surface area (Å²) in [5.41, 5.74) is 9.41. The normalized spacial score (nSPS) is 20.6. The summed E-state index contributed by atoms with van der Waals surface area (Å²) >= 11 is 3.65. The summed E-state index contributed by atoms with van der Waals surface area (Å²) in [5.74, 6) is 0.0954. The van der Waals surface area contributed by atoms with E-state index < -0.39 is 18.2 Å². The molecule has 2 fully saturated rings. The van der Waals surface area contributed by atoms with Crippen LogP contribution in [-0.4, -0.2) is 110 Å². The number of hydrogen-bond donors (Lipinski definition) is 2. The van der Waals surface area contributed by atoms with Gasteiger partial charge >= 0.3 is 12.1 Å². The van der Waals surface area contributed by atoms with Crippen molar-refractivity contribution in [1.82, 2.24) is 19.7 Å². The van der Waals surface area contributed by atoms with E-state index in [9.17, 15) is 14.4 Å². The zero-order valence-corrected chi connectivity index (χ0v) is 29.5. The number of amides is 2. The quantitative estimate of drug-likeness (QED) is 0.159. The van der Waals surface area contributed by atoms with E-state index in [0.29, 0.717) is 84.2 Å². The number of ether oxygens (including phenoxy) is 4. The lowest BCUT2D eigenvalue weighted by atomic mass is 9.80. The predicted molar refractivity (Wildman–Crippen MR) is 183 cm³/mol. The second-order valence-corrected chi connectivity index (χ2v) is 12.4. The lowest BCUT2D eigenvalue weighted by molar-refractivity contribution is -0.123. The first-order valence-electron chi connectivity index (χ1n) is 15.4. The van der Waals surface area contributed by atoms with Gasteiger partial charge in [0.15, 0.2) is 17.6 Å². The van der Waals surface area contributed by atoms with Crippen LogP contribution in [0, 0.1) is 12.8 Å². The zero-order valence-electron chi connectivity index (χ0n) is 27.1. The summed E-state index contributed by atoms with van der Waals surface area (Å²) in [7, 11) is 4.93. The Morgan fingerprint density at radius 3 is 2.53 bits per heavy atom. The molecular weight excluding hydrogens is 694 g/mol. The number of aromatic amines is 1. The number of nitrogens with zero attached hydrogens (tertiary/aromatic N) is 3. The maximum absolute atomic E-state index is 13.8. The van der Waals surface area contributed by atoms with Gasteiger partial charge in [0.25, 0.3) is 5.91 Å². The van der Waals surface area contributed by atoms with E-state index in [0.717, 1.165) is 18.7 Å². The number of carbonyl (C=O) groups excluding carboxylic acids is 3. The van der Waals surface area contributed by atoms with Gasteiger partial charge in [-0.05, 0) is 62.7 Å². The lowest BCUT2D eigenvalue weighted by Crippen LogP contribution is -2.47. The molecule has 12 nitrogen and oxygen atoms in total. The highest BCUT2D eigenvalue weighted by molar-refractivity contribution is 9.09. The fourth-order valence-corrected chi connectivity index (χ4v) is 6.88. The summed E-state index contributed by atoms with van der Waals surface area (Å²) in [6, 6.07) is 5.46. The Labute approximate surface area is 289 Å². The zero-order chi connectivity index (χ0) is 33.0. The molecule has 1 aromatic heterocycles. The Hall–Kier alpha value is -3.52. The van der Waals surface area contributed by atoms with Gasteiger partial charge in [0.05, 0.1) is 32.1 Å². The van der Waals surface area contributed by atoms with Crippen molar-refractivity contribution in [3.63, 3.8) is 0 Å². The standard InChI is InChI=1S/C33H42BrN5O7.ClH/c1-20-28(32(41)44-4)30-29-22(18-34)19-39(27(40)9-7-21-6-8-24(43-3)25(16-21)45-15-5-10-35)23(29)17-26(31(30)36-20)46-33(42)38-13-11-37(2)12-14-38;/h6-9,16-17,22,26,29,36H,5,10-15,18-19,35H2,1-4H3;1H/b9-7+;/t22-,26?,29?;/m1./s1. The highest BCUT2D eigenvalue weighted by Crippen LogP contribution is 2.51. The van der Waals surface area contributed by atoms with E-state index in [1.165, 1.54) is 13.2 Å². The van der Waals surface area contributed by atoms with E-state index >= 15 is 0 Å². The van der Waals surface area contributed by atoms with Crippen LogP contribution in [0.1, 0.15) is 51.3 Å². The Kier molecular flexibility index (Phi) is 12.4. The van der Waals surface area contributed by atoms with Gasteiger partial charge in [0, 0.05) is 67.0 Å². The molecule has 1 aromatic carbocycles. The SMILES string of the molecule is COC(=O)c1c(C)[nH]c2c1C1C(=CC2OC(=O)N2CCN(C)CC2)N(C(=O)/C=C/c2ccc(OC)c(OCCCN)c2)C[C@H]1CBr.Cl. The van der Waals surface area contributed by atoms with Crippen molar-refractivity contribution in [2.75, 3.05) is 72.5 Å². The molecule has 0 radical (unpaired) electrons. The highest BCUT2D eigenvalue weighted by Gasteiger charge is 2.48. The third-order valence-electron chi connectivity index (χ3n) is 8.75. The largest absolute Gasteiger partial charge is 0.493 e. The van der Waals surface area contributed by atoms with Crippen molar-refractivity contribution >= 4 is 52.4 Å². The van der Waals surface area contributed by atoms with Gasteiger partial charge in [-0.1, -0.05) is 22.0 Å². The highest BCUT2D eigenvalue weighted by atomic mass is 79.9. The molecule has 2 saturated heterocycles. The molecule has 14 heteroatoms. The number of rotatable bonds is 10. The van der Waals surface area contributed by atoms with Crippen LogP contribution in [0.2, 0.25) is 0 Å². The monoisotopic (exact) mass is 735 g/mol. The average molecular weight is 737 g/mol. The number of likely N-dealkylation sites (N-methyl/N-ethyl adjacent to an activating group) is 1. The van der Waals surface area contributed by atoms with Crippen molar-refractivity contribution in [3.05, 3.63) is 64.1 Å². The first-order valence-corrected chi connectivity index (χ1v) is 16.6. The minimum atomic E-state index is -0.825. The van der Waals surface area contributed by atoms with Crippen molar-refractivity contribution in [1.29, 1.82) is 0 Å². The van der Waals surface area contributed by atoms with Crippen molar-refractivity contribution < 1.29 is 33.3 Å². The Morgan fingerprint density at radius 1 is 1.13 bits per heavy atom. The number of aryl methyl sites for hydroxylation is 1. The molecule has 47 heavy (non-hydrogen) atoms. The van der Waals surface area contributed by atoms with Crippen molar-refractivity contribution in [2.45, 2.75) is 25.4 Å². The number of carbonyl (C=O) groups is 3. The van der Waals surface area contributed by atoms with Crippen LogP contribution in [0.4, 0.5) is 4.79 Å². The molecule has 3 atom stereocenters. The van der Waals surface area contributed by atoms with Gasteiger partial charge in [-0.3, -0.25) is 4.79 Å². The Balaban J connectivity index is 0.00000500. The molecule has 0 bridgehead atoms. The third-order valence-corrected chi connectivity index (χ3v) is 9.58. The fraction of sp³-hybridized carbons (Fsp3) is 0.485. The van der Waals surface area contributed by atoms with Crippen LogP contribution >= 0.6 is 28.3 Å². The van der Waals surface area contributed by atoms with Crippen LogP contribution in [0.3, 0.4) is 0 Å². The van der Waals surface area contributed by atoms with Gasteiger partial charge in [-0.2, -0.15) is 0 Å². The van der Waals surface area contributed by atoms with Crippen LogP contribution in [0.15, 0.2) is 36.0 Å². The molecular formula is C33H43BrClN5O7. The molecule has 0 spiro atoms. The van der Waals surface area contributed by atoms with Gasteiger partial charge < -0.3 is 44.4 Å². The number of hydrogen-bond acceptors (Lipinski definition) is 9. The number of methoxy groups -OCH3 is 2. The van der Waals surface area contributed by atoms with Gasteiger partial charge in [0.1, 0.15) is 0 Å². The number of allylic oxidation sites excluding steroid dienone is 1. The Morgan fingerprint density at radius 2 is 1.87 bits per heavy atom. The lowest BCUT2D eigenvalue weighted by Gasteiger charge is -2.34. The van der Waals surface area contributed by atoms with Crippen molar-refractivity contribution in [3.8, 4) is 11.5 Å². The van der Waals surface area contributed by atoms with E-state index in [1.54, 1.807) is 36.0 Å². The average Bonchev–Trinajstić information content (AvgIpc) is 3.61. The number of nitrogens with two attached hydrogens (primary N) is 1. The van der Waals surface area contributed by atoms with Gasteiger partial charge in [-0.25, -0.2) is 9.59 Å². The molecule has 1 aliphatic carbocycles. The van der Waals surface area contributed by atoms with E-state index in [2.05, 4.69) is 25.8 Å². The molecule has 2 aromatic rings. The summed E-state index contributed by atoms with van der Waals surface area (Å²) in [6.07, 6.45) is 4.52. The molecule has 2 aliphatic heterocycles. The maximum atomic E-state index is 13.8. The summed E-state index contributed by atoms with van der Waals surface area (Å²) in [4.78, 5) is 49.1. The molecule has 256 valence electrons. The first kappa shape index (κ1) is 36.3. The second kappa shape index (κ2) is 16.1. The number of esters is 1. The molecule has 5 rings (SSSR count).